The second-order valence-corrected chi connectivity index (χ2v) is 4.87. The fourth-order valence-corrected chi connectivity index (χ4v) is 2.76. The zero-order chi connectivity index (χ0) is 10.6. The van der Waals surface area contributed by atoms with E-state index in [4.69, 9.17) is 9.47 Å². The van der Waals surface area contributed by atoms with Crippen molar-refractivity contribution < 1.29 is 9.47 Å². The minimum Gasteiger partial charge on any atom is -0.376 e. The Balaban J connectivity index is 1.78. The predicted octanol–water partition coefficient (Wildman–Crippen LogP) is 1.71. The van der Waals surface area contributed by atoms with Crippen LogP contribution in [-0.4, -0.2) is 38.5 Å². The second-order valence-electron chi connectivity index (χ2n) is 4.87. The molecule has 88 valence electrons. The number of likely N-dealkylation sites (N-methyl/N-ethyl adjacent to an activating group) is 1. The minimum absolute atomic E-state index is 0.112. The van der Waals surface area contributed by atoms with Crippen molar-refractivity contribution in [3.8, 4) is 0 Å². The standard InChI is InChI=1S/C12H23NO2/c1-13-10-12(6-2-3-7-12)15-9-11-5-4-8-14-11/h11,13H,2-10H2,1H3. The summed E-state index contributed by atoms with van der Waals surface area (Å²) in [6.45, 7) is 2.70. The van der Waals surface area contributed by atoms with Crippen LogP contribution in [0.2, 0.25) is 0 Å². The quantitative estimate of drug-likeness (QED) is 0.754. The first-order chi connectivity index (χ1) is 7.35. The van der Waals surface area contributed by atoms with E-state index in [1.165, 1.54) is 38.5 Å². The van der Waals surface area contributed by atoms with Crippen LogP contribution in [0.15, 0.2) is 0 Å². The molecule has 1 N–H and O–H groups in total. The number of rotatable bonds is 5. The van der Waals surface area contributed by atoms with Gasteiger partial charge in [0, 0.05) is 13.2 Å². The van der Waals surface area contributed by atoms with E-state index in [9.17, 15) is 0 Å². The summed E-state index contributed by atoms with van der Waals surface area (Å²) in [4.78, 5) is 0. The molecule has 1 saturated carbocycles. The Morgan fingerprint density at radius 1 is 1.33 bits per heavy atom. The second kappa shape index (κ2) is 5.28. The maximum Gasteiger partial charge on any atom is 0.0809 e. The van der Waals surface area contributed by atoms with Gasteiger partial charge >= 0.3 is 0 Å². The molecule has 0 spiro atoms. The lowest BCUT2D eigenvalue weighted by molar-refractivity contribution is -0.0787. The van der Waals surface area contributed by atoms with Crippen LogP contribution in [0.3, 0.4) is 0 Å². The third-order valence-corrected chi connectivity index (χ3v) is 3.61. The van der Waals surface area contributed by atoms with Crippen molar-refractivity contribution in [2.24, 2.45) is 0 Å². The van der Waals surface area contributed by atoms with E-state index in [0.717, 1.165) is 19.8 Å². The van der Waals surface area contributed by atoms with E-state index in [1.807, 2.05) is 7.05 Å². The van der Waals surface area contributed by atoms with Gasteiger partial charge in [-0.3, -0.25) is 0 Å². The van der Waals surface area contributed by atoms with Crippen molar-refractivity contribution in [2.45, 2.75) is 50.2 Å². The van der Waals surface area contributed by atoms with Crippen molar-refractivity contribution in [3.05, 3.63) is 0 Å². The van der Waals surface area contributed by atoms with E-state index >= 15 is 0 Å². The van der Waals surface area contributed by atoms with Crippen LogP contribution in [0.25, 0.3) is 0 Å². The molecule has 1 atom stereocenters. The van der Waals surface area contributed by atoms with Gasteiger partial charge in [0.05, 0.1) is 18.3 Å². The SMILES string of the molecule is CNCC1(OCC2CCCO2)CCCC1. The molecule has 15 heavy (non-hydrogen) atoms. The first kappa shape index (κ1) is 11.4. The highest BCUT2D eigenvalue weighted by Gasteiger charge is 2.35. The number of ether oxygens (including phenoxy) is 2. The predicted molar refractivity (Wildman–Crippen MR) is 60.1 cm³/mol. The Morgan fingerprint density at radius 3 is 2.73 bits per heavy atom. The lowest BCUT2D eigenvalue weighted by Gasteiger charge is -2.30. The van der Waals surface area contributed by atoms with Crippen LogP contribution < -0.4 is 5.32 Å². The van der Waals surface area contributed by atoms with Gasteiger partial charge < -0.3 is 14.8 Å². The van der Waals surface area contributed by atoms with Gasteiger partial charge in [-0.25, -0.2) is 0 Å². The van der Waals surface area contributed by atoms with Crippen molar-refractivity contribution in [1.29, 1.82) is 0 Å². The van der Waals surface area contributed by atoms with Crippen LogP contribution in [0.1, 0.15) is 38.5 Å². The van der Waals surface area contributed by atoms with Crippen molar-refractivity contribution in [3.63, 3.8) is 0 Å². The van der Waals surface area contributed by atoms with Crippen LogP contribution in [-0.2, 0) is 9.47 Å². The average Bonchev–Trinajstić information content (AvgIpc) is 2.85. The molecule has 1 heterocycles. The first-order valence-electron chi connectivity index (χ1n) is 6.25. The lowest BCUT2D eigenvalue weighted by atomic mass is 10.0. The smallest absolute Gasteiger partial charge is 0.0809 e. The maximum absolute atomic E-state index is 6.13. The normalized spacial score (nSPS) is 29.8. The zero-order valence-corrected chi connectivity index (χ0v) is 9.76. The summed E-state index contributed by atoms with van der Waals surface area (Å²) >= 11 is 0. The Bertz CT molecular complexity index is 184. The van der Waals surface area contributed by atoms with Crippen molar-refractivity contribution in [1.82, 2.24) is 5.32 Å². The Kier molecular flexibility index (Phi) is 4.00. The summed E-state index contributed by atoms with van der Waals surface area (Å²) in [5.74, 6) is 0. The molecule has 2 aliphatic rings. The topological polar surface area (TPSA) is 30.5 Å². The maximum atomic E-state index is 6.13. The molecule has 1 unspecified atom stereocenters. The third-order valence-electron chi connectivity index (χ3n) is 3.61. The van der Waals surface area contributed by atoms with Gasteiger partial charge in [-0.1, -0.05) is 12.8 Å². The molecule has 0 radical (unpaired) electrons. The molecule has 0 bridgehead atoms. The molecule has 3 heteroatoms. The summed E-state index contributed by atoms with van der Waals surface area (Å²) in [5, 5.41) is 3.26. The largest absolute Gasteiger partial charge is 0.376 e. The van der Waals surface area contributed by atoms with Crippen LogP contribution in [0.5, 0.6) is 0 Å². The molecule has 1 saturated heterocycles. The molecule has 1 aliphatic heterocycles. The van der Waals surface area contributed by atoms with Gasteiger partial charge in [-0.2, -0.15) is 0 Å². The van der Waals surface area contributed by atoms with E-state index in [1.54, 1.807) is 0 Å². The summed E-state index contributed by atoms with van der Waals surface area (Å²) in [6, 6.07) is 0. The van der Waals surface area contributed by atoms with Gasteiger partial charge in [0.25, 0.3) is 0 Å². The minimum atomic E-state index is 0.112. The van der Waals surface area contributed by atoms with E-state index < -0.39 is 0 Å². The van der Waals surface area contributed by atoms with E-state index in [2.05, 4.69) is 5.32 Å². The van der Waals surface area contributed by atoms with Crippen LogP contribution in [0.4, 0.5) is 0 Å². The van der Waals surface area contributed by atoms with Crippen LogP contribution >= 0.6 is 0 Å². The molecule has 0 aromatic carbocycles. The van der Waals surface area contributed by atoms with Gasteiger partial charge in [-0.15, -0.1) is 0 Å². The fraction of sp³-hybridized carbons (Fsp3) is 1.00. The molecule has 1 aliphatic carbocycles. The van der Waals surface area contributed by atoms with Gasteiger partial charge in [-0.05, 0) is 32.7 Å². The molecular weight excluding hydrogens is 190 g/mol. The lowest BCUT2D eigenvalue weighted by Crippen LogP contribution is -2.41. The Hall–Kier alpha value is -0.120. The highest BCUT2D eigenvalue weighted by molar-refractivity contribution is 4.88. The Labute approximate surface area is 92.5 Å². The Morgan fingerprint density at radius 2 is 2.13 bits per heavy atom. The summed E-state index contributed by atoms with van der Waals surface area (Å²) in [7, 11) is 2.01. The molecule has 3 nitrogen and oxygen atoms in total. The third kappa shape index (κ3) is 2.92. The highest BCUT2D eigenvalue weighted by Crippen LogP contribution is 2.33. The van der Waals surface area contributed by atoms with Crippen molar-refractivity contribution >= 4 is 0 Å². The summed E-state index contributed by atoms with van der Waals surface area (Å²) in [6.07, 6.45) is 7.78. The fourth-order valence-electron chi connectivity index (χ4n) is 2.76. The summed E-state index contributed by atoms with van der Waals surface area (Å²) in [5.41, 5.74) is 0.112. The average molecular weight is 213 g/mol. The molecule has 2 fully saturated rings. The monoisotopic (exact) mass is 213 g/mol. The highest BCUT2D eigenvalue weighted by atomic mass is 16.5. The number of hydrogen-bond donors (Lipinski definition) is 1. The zero-order valence-electron chi connectivity index (χ0n) is 9.76. The molecule has 0 aromatic rings. The molecular formula is C12H23NO2. The van der Waals surface area contributed by atoms with E-state index in [0.29, 0.717) is 6.10 Å². The van der Waals surface area contributed by atoms with Gasteiger partial charge in [0.1, 0.15) is 0 Å². The first-order valence-corrected chi connectivity index (χ1v) is 6.25. The van der Waals surface area contributed by atoms with Crippen LogP contribution in [0, 0.1) is 0 Å². The van der Waals surface area contributed by atoms with Gasteiger partial charge in [0.2, 0.25) is 0 Å². The van der Waals surface area contributed by atoms with Gasteiger partial charge in [0.15, 0.2) is 0 Å². The molecule has 0 amide bonds. The van der Waals surface area contributed by atoms with E-state index in [-0.39, 0.29) is 5.60 Å². The summed E-state index contributed by atoms with van der Waals surface area (Å²) < 4.78 is 11.7. The number of nitrogens with one attached hydrogen (secondary N) is 1. The molecule has 0 aromatic heterocycles. The number of hydrogen-bond acceptors (Lipinski definition) is 3. The molecule has 2 rings (SSSR count). The van der Waals surface area contributed by atoms with Crippen molar-refractivity contribution in [2.75, 3.05) is 26.8 Å².